The molecule has 0 spiro atoms. The molecule has 0 aromatic heterocycles. The van der Waals surface area contributed by atoms with Crippen molar-refractivity contribution < 1.29 is 14.6 Å². The van der Waals surface area contributed by atoms with Crippen molar-refractivity contribution in [1.29, 1.82) is 0 Å². The highest BCUT2D eigenvalue weighted by Crippen LogP contribution is 2.31. The summed E-state index contributed by atoms with van der Waals surface area (Å²) < 4.78 is 5.59. The van der Waals surface area contributed by atoms with Gasteiger partial charge in [-0.1, -0.05) is 36.4 Å². The quantitative estimate of drug-likeness (QED) is 0.889. The number of hydrogen-bond acceptors (Lipinski definition) is 2. The maximum absolute atomic E-state index is 11.4. The van der Waals surface area contributed by atoms with Gasteiger partial charge in [-0.05, 0) is 31.9 Å². The number of rotatable bonds is 2. The second kappa shape index (κ2) is 5.05. The van der Waals surface area contributed by atoms with Crippen molar-refractivity contribution in [3.8, 4) is 0 Å². The Morgan fingerprint density at radius 1 is 1.42 bits per heavy atom. The number of amides is 1. The third-order valence-electron chi connectivity index (χ3n) is 3.41. The van der Waals surface area contributed by atoms with Crippen molar-refractivity contribution in [2.45, 2.75) is 32.5 Å². The van der Waals surface area contributed by atoms with Crippen LogP contribution in [-0.4, -0.2) is 34.5 Å². The molecule has 19 heavy (non-hydrogen) atoms. The number of hydrogen-bond donors (Lipinski definition) is 1. The van der Waals surface area contributed by atoms with Crippen LogP contribution in [0.5, 0.6) is 0 Å². The van der Waals surface area contributed by atoms with Crippen LogP contribution in [-0.2, 0) is 4.74 Å². The molecule has 4 nitrogen and oxygen atoms in total. The van der Waals surface area contributed by atoms with Crippen LogP contribution >= 0.6 is 0 Å². The van der Waals surface area contributed by atoms with E-state index in [1.165, 1.54) is 4.90 Å². The minimum Gasteiger partial charge on any atom is -0.465 e. The molecule has 1 N–H and O–H groups in total. The molecule has 0 aliphatic carbocycles. The van der Waals surface area contributed by atoms with Crippen LogP contribution in [0.25, 0.3) is 6.08 Å². The molecule has 0 bridgehead atoms. The molecule has 1 atom stereocenters. The largest absolute Gasteiger partial charge is 0.465 e. The number of carboxylic acid groups (broad SMARTS) is 1. The average molecular weight is 261 g/mol. The minimum absolute atomic E-state index is 0.229. The Morgan fingerprint density at radius 2 is 2.05 bits per heavy atom. The molecule has 1 fully saturated rings. The second-order valence-electron chi connectivity index (χ2n) is 5.23. The fourth-order valence-corrected chi connectivity index (χ4v) is 2.41. The smallest absolute Gasteiger partial charge is 0.410 e. The van der Waals surface area contributed by atoms with Crippen LogP contribution in [0.2, 0.25) is 0 Å². The van der Waals surface area contributed by atoms with Crippen molar-refractivity contribution in [2.24, 2.45) is 0 Å². The highest BCUT2D eigenvalue weighted by atomic mass is 16.5. The van der Waals surface area contributed by atoms with Gasteiger partial charge in [-0.3, -0.25) is 4.90 Å². The Hall–Kier alpha value is -1.81. The van der Waals surface area contributed by atoms with Crippen LogP contribution in [0.4, 0.5) is 4.79 Å². The van der Waals surface area contributed by atoms with Crippen LogP contribution in [0, 0.1) is 0 Å². The summed E-state index contributed by atoms with van der Waals surface area (Å²) >= 11 is 0. The molecule has 1 aliphatic rings. The summed E-state index contributed by atoms with van der Waals surface area (Å²) in [5, 5.41) is 9.35. The van der Waals surface area contributed by atoms with Crippen molar-refractivity contribution in [2.75, 3.05) is 6.61 Å². The fourth-order valence-electron chi connectivity index (χ4n) is 2.41. The summed E-state index contributed by atoms with van der Waals surface area (Å²) in [6, 6.07) is 9.64. The molecular weight excluding hydrogens is 242 g/mol. The maximum atomic E-state index is 11.4. The first kappa shape index (κ1) is 13.6. The zero-order chi connectivity index (χ0) is 14.0. The first-order valence-electron chi connectivity index (χ1n) is 6.31. The van der Waals surface area contributed by atoms with Gasteiger partial charge in [-0.15, -0.1) is 0 Å². The van der Waals surface area contributed by atoms with Crippen molar-refractivity contribution in [3.05, 3.63) is 41.5 Å². The van der Waals surface area contributed by atoms with E-state index in [0.717, 1.165) is 11.1 Å². The Kier molecular flexibility index (Phi) is 3.62. The summed E-state index contributed by atoms with van der Waals surface area (Å²) in [6.07, 6.45) is 1.05. The monoisotopic (exact) mass is 261 g/mol. The van der Waals surface area contributed by atoms with E-state index in [1.54, 1.807) is 13.8 Å². The zero-order valence-electron chi connectivity index (χ0n) is 11.5. The van der Waals surface area contributed by atoms with E-state index in [4.69, 9.17) is 4.74 Å². The molecule has 102 valence electrons. The second-order valence-corrected chi connectivity index (χ2v) is 5.23. The van der Waals surface area contributed by atoms with Gasteiger partial charge in [0.2, 0.25) is 0 Å². The molecule has 1 heterocycles. The average Bonchev–Trinajstić information content (AvgIpc) is 2.66. The normalized spacial score (nSPS) is 22.6. The maximum Gasteiger partial charge on any atom is 0.410 e. The van der Waals surface area contributed by atoms with E-state index < -0.39 is 11.8 Å². The van der Waals surface area contributed by atoms with Gasteiger partial charge in [-0.25, -0.2) is 4.79 Å². The van der Waals surface area contributed by atoms with Gasteiger partial charge >= 0.3 is 6.09 Å². The highest BCUT2D eigenvalue weighted by Gasteiger charge is 2.44. The molecule has 4 heteroatoms. The topological polar surface area (TPSA) is 49.8 Å². The van der Waals surface area contributed by atoms with E-state index in [1.807, 2.05) is 43.3 Å². The van der Waals surface area contributed by atoms with Crippen molar-refractivity contribution in [1.82, 2.24) is 4.90 Å². The van der Waals surface area contributed by atoms with Gasteiger partial charge in [0.05, 0.1) is 12.6 Å². The molecule has 1 saturated heterocycles. The van der Waals surface area contributed by atoms with Crippen LogP contribution in [0.3, 0.4) is 0 Å². The van der Waals surface area contributed by atoms with E-state index in [9.17, 15) is 9.90 Å². The van der Waals surface area contributed by atoms with E-state index in [0.29, 0.717) is 6.61 Å². The lowest BCUT2D eigenvalue weighted by atomic mass is 10.0. The van der Waals surface area contributed by atoms with Gasteiger partial charge < -0.3 is 9.84 Å². The Balaban J connectivity index is 2.26. The molecule has 1 aromatic carbocycles. The molecule has 1 amide bonds. The molecular formula is C15H19NO3. The lowest BCUT2D eigenvalue weighted by molar-refractivity contribution is -0.0411. The van der Waals surface area contributed by atoms with Gasteiger partial charge in [0.1, 0.15) is 5.72 Å². The van der Waals surface area contributed by atoms with E-state index in [-0.39, 0.29) is 6.04 Å². The van der Waals surface area contributed by atoms with E-state index >= 15 is 0 Å². The molecule has 1 aromatic rings. The van der Waals surface area contributed by atoms with E-state index in [2.05, 4.69) is 0 Å². The molecule has 0 unspecified atom stereocenters. The number of nitrogens with zero attached hydrogens (tertiary/aromatic N) is 1. The summed E-state index contributed by atoms with van der Waals surface area (Å²) in [5.74, 6) is 0. The predicted molar refractivity (Wildman–Crippen MR) is 73.8 cm³/mol. The molecule has 0 radical (unpaired) electrons. The zero-order valence-corrected chi connectivity index (χ0v) is 11.5. The molecule has 0 saturated carbocycles. The summed E-state index contributed by atoms with van der Waals surface area (Å²) in [4.78, 5) is 12.8. The van der Waals surface area contributed by atoms with Crippen LogP contribution in [0.1, 0.15) is 26.3 Å². The van der Waals surface area contributed by atoms with Crippen molar-refractivity contribution >= 4 is 12.2 Å². The summed E-state index contributed by atoms with van der Waals surface area (Å²) in [6.45, 7) is 5.89. The minimum atomic E-state index is -0.951. The molecule has 2 rings (SSSR count). The van der Waals surface area contributed by atoms with Crippen LogP contribution < -0.4 is 0 Å². The predicted octanol–water partition coefficient (Wildman–Crippen LogP) is 3.20. The number of ether oxygens (including phenoxy) is 1. The van der Waals surface area contributed by atoms with Gasteiger partial charge in [-0.2, -0.15) is 0 Å². The first-order valence-corrected chi connectivity index (χ1v) is 6.31. The van der Waals surface area contributed by atoms with Crippen molar-refractivity contribution in [3.63, 3.8) is 0 Å². The highest BCUT2D eigenvalue weighted by molar-refractivity contribution is 5.68. The van der Waals surface area contributed by atoms with Gasteiger partial charge in [0.15, 0.2) is 0 Å². The van der Waals surface area contributed by atoms with Gasteiger partial charge in [0.25, 0.3) is 0 Å². The Morgan fingerprint density at radius 3 is 2.63 bits per heavy atom. The number of carbonyl (C=O) groups is 1. The lowest BCUT2D eigenvalue weighted by Crippen LogP contribution is -2.47. The summed E-state index contributed by atoms with van der Waals surface area (Å²) in [5.41, 5.74) is 1.27. The van der Waals surface area contributed by atoms with Crippen LogP contribution in [0.15, 0.2) is 35.9 Å². The summed E-state index contributed by atoms with van der Waals surface area (Å²) in [7, 11) is 0. The first-order chi connectivity index (χ1) is 8.92. The lowest BCUT2D eigenvalue weighted by Gasteiger charge is -2.31. The number of benzene rings is 1. The molecule has 1 aliphatic heterocycles. The fraction of sp³-hybridized carbons (Fsp3) is 0.400. The Bertz CT molecular complexity index is 493. The Labute approximate surface area is 113 Å². The van der Waals surface area contributed by atoms with Gasteiger partial charge in [0, 0.05) is 0 Å². The SMILES string of the molecule is CC(=Cc1ccccc1)[C@H]1COC(C)(C)N1C(=O)O. The third kappa shape index (κ3) is 2.79. The standard InChI is InChI=1S/C15H19NO3/c1-11(9-12-7-5-4-6-8-12)13-10-19-15(2,3)16(13)14(17)18/h4-9,13H,10H2,1-3H3,(H,17,18)/t13-/m1/s1. The third-order valence-corrected chi connectivity index (χ3v) is 3.41.